The second-order valence-electron chi connectivity index (χ2n) is 6.43. The lowest BCUT2D eigenvalue weighted by Crippen LogP contribution is -2.36. The Kier molecular flexibility index (Phi) is 4.76. The predicted octanol–water partition coefficient (Wildman–Crippen LogP) is 3.05. The van der Waals surface area contributed by atoms with Gasteiger partial charge in [-0.15, -0.1) is 0 Å². The third-order valence-electron chi connectivity index (χ3n) is 4.80. The van der Waals surface area contributed by atoms with Crippen molar-refractivity contribution in [1.29, 1.82) is 0 Å². The van der Waals surface area contributed by atoms with Crippen LogP contribution in [0, 0.1) is 5.82 Å². The van der Waals surface area contributed by atoms with Gasteiger partial charge in [0.15, 0.2) is 11.2 Å². The number of carboxylic acid groups (broad SMARTS) is 1. The Balaban J connectivity index is 2.05. The fourth-order valence-corrected chi connectivity index (χ4v) is 3.94. The summed E-state index contributed by atoms with van der Waals surface area (Å²) in [7, 11) is 0. The molecule has 0 bridgehead atoms. The largest absolute Gasteiger partial charge is 0.480 e. The van der Waals surface area contributed by atoms with Gasteiger partial charge in [-0.25, -0.2) is 23.8 Å². The van der Waals surface area contributed by atoms with E-state index in [1.165, 1.54) is 40.7 Å². The molecule has 28 heavy (non-hydrogen) atoms. The van der Waals surface area contributed by atoms with Gasteiger partial charge in [-0.05, 0) is 42.9 Å². The van der Waals surface area contributed by atoms with Crippen LogP contribution in [0.3, 0.4) is 0 Å². The SMILES string of the molecule is CSc1nccc(-c2c(-c3ccc(F)cc3)c(=O)n3n2CCCC3C(=O)O)n1. The zero-order valence-corrected chi connectivity index (χ0v) is 15.8. The van der Waals surface area contributed by atoms with Crippen molar-refractivity contribution in [3.63, 3.8) is 0 Å². The number of thioether (sulfide) groups is 1. The Hall–Kier alpha value is -2.94. The molecule has 9 heteroatoms. The summed E-state index contributed by atoms with van der Waals surface area (Å²) in [5.74, 6) is -1.46. The summed E-state index contributed by atoms with van der Waals surface area (Å²) in [5.41, 5.74) is 1.47. The number of rotatable bonds is 4. The summed E-state index contributed by atoms with van der Waals surface area (Å²) in [4.78, 5) is 33.7. The van der Waals surface area contributed by atoms with Gasteiger partial charge < -0.3 is 5.11 Å². The van der Waals surface area contributed by atoms with E-state index in [9.17, 15) is 19.1 Å². The number of fused-ring (bicyclic) bond motifs is 1. The number of benzene rings is 1. The van der Waals surface area contributed by atoms with Gasteiger partial charge in [0.05, 0.1) is 17.0 Å². The standard InChI is InChI=1S/C19H17FN4O3S/c1-28-19-21-9-8-13(22-19)16-15(11-4-6-12(20)7-5-11)17(25)24-14(18(26)27)3-2-10-23(16)24/h4-9,14H,2-3,10H2,1H3,(H,26,27). The van der Waals surface area contributed by atoms with Crippen LogP contribution in [-0.2, 0) is 11.3 Å². The predicted molar refractivity (Wildman–Crippen MR) is 103 cm³/mol. The Bertz CT molecular complexity index is 1110. The number of nitrogens with zero attached hydrogens (tertiary/aromatic N) is 4. The molecule has 0 radical (unpaired) electrons. The van der Waals surface area contributed by atoms with Gasteiger partial charge >= 0.3 is 5.97 Å². The molecule has 0 saturated heterocycles. The summed E-state index contributed by atoms with van der Waals surface area (Å²) in [6.45, 7) is 0.494. The monoisotopic (exact) mass is 400 g/mol. The van der Waals surface area contributed by atoms with Crippen LogP contribution in [0.4, 0.5) is 4.39 Å². The molecule has 1 aliphatic heterocycles. The summed E-state index contributed by atoms with van der Waals surface area (Å²) < 4.78 is 16.4. The molecule has 0 amide bonds. The average molecular weight is 400 g/mol. The lowest BCUT2D eigenvalue weighted by Gasteiger charge is -2.25. The van der Waals surface area contributed by atoms with E-state index < -0.39 is 23.4 Å². The normalized spacial score (nSPS) is 16.0. The first-order chi connectivity index (χ1) is 13.5. The number of carbonyl (C=O) groups is 1. The quantitative estimate of drug-likeness (QED) is 0.535. The Morgan fingerprint density at radius 2 is 2.04 bits per heavy atom. The topological polar surface area (TPSA) is 90.0 Å². The molecule has 1 unspecified atom stereocenters. The summed E-state index contributed by atoms with van der Waals surface area (Å²) in [5, 5.41) is 10.2. The van der Waals surface area contributed by atoms with Crippen molar-refractivity contribution in [3.05, 3.63) is 52.7 Å². The van der Waals surface area contributed by atoms with Crippen LogP contribution in [0.5, 0.6) is 0 Å². The van der Waals surface area contributed by atoms with Crippen molar-refractivity contribution in [3.8, 4) is 22.5 Å². The Labute approximate surface area is 163 Å². The van der Waals surface area contributed by atoms with Crippen LogP contribution < -0.4 is 5.56 Å². The van der Waals surface area contributed by atoms with Gasteiger partial charge in [0.1, 0.15) is 5.82 Å². The third kappa shape index (κ3) is 3.01. The van der Waals surface area contributed by atoms with Crippen LogP contribution in [0.1, 0.15) is 18.9 Å². The molecule has 3 aromatic rings. The van der Waals surface area contributed by atoms with Gasteiger partial charge in [0, 0.05) is 12.7 Å². The molecule has 144 valence electrons. The third-order valence-corrected chi connectivity index (χ3v) is 5.36. The van der Waals surface area contributed by atoms with Crippen LogP contribution in [0.15, 0.2) is 46.5 Å². The molecule has 1 N–H and O–H groups in total. The molecule has 0 fully saturated rings. The molecule has 1 aliphatic rings. The van der Waals surface area contributed by atoms with Crippen molar-refractivity contribution in [2.24, 2.45) is 0 Å². The number of halogens is 1. The lowest BCUT2D eigenvalue weighted by atomic mass is 10.0. The number of aromatic nitrogens is 4. The van der Waals surface area contributed by atoms with E-state index in [4.69, 9.17) is 0 Å². The maximum Gasteiger partial charge on any atom is 0.328 e. The minimum absolute atomic E-state index is 0.318. The second kappa shape index (κ2) is 7.23. The van der Waals surface area contributed by atoms with Crippen molar-refractivity contribution >= 4 is 17.7 Å². The fraction of sp³-hybridized carbons (Fsp3) is 0.263. The molecule has 2 aromatic heterocycles. The molecular formula is C19H17FN4O3S. The molecule has 0 saturated carbocycles. The minimum atomic E-state index is -1.05. The van der Waals surface area contributed by atoms with Crippen LogP contribution in [0.25, 0.3) is 22.5 Å². The molecule has 3 heterocycles. The first kappa shape index (κ1) is 18.4. The van der Waals surface area contributed by atoms with Gasteiger partial charge in [0.25, 0.3) is 5.56 Å². The van der Waals surface area contributed by atoms with Crippen LogP contribution >= 0.6 is 11.8 Å². The van der Waals surface area contributed by atoms with Gasteiger partial charge in [-0.1, -0.05) is 23.9 Å². The van der Waals surface area contributed by atoms with Crippen molar-refractivity contribution < 1.29 is 14.3 Å². The van der Waals surface area contributed by atoms with E-state index in [1.54, 1.807) is 16.9 Å². The zero-order valence-electron chi connectivity index (χ0n) is 15.0. The second-order valence-corrected chi connectivity index (χ2v) is 7.20. The number of hydrogen-bond donors (Lipinski definition) is 1. The van der Waals surface area contributed by atoms with E-state index >= 15 is 0 Å². The smallest absolute Gasteiger partial charge is 0.328 e. The molecule has 7 nitrogen and oxygen atoms in total. The fourth-order valence-electron chi connectivity index (χ4n) is 3.58. The molecule has 1 aromatic carbocycles. The first-order valence-electron chi connectivity index (χ1n) is 8.72. The van der Waals surface area contributed by atoms with Crippen molar-refractivity contribution in [2.45, 2.75) is 30.6 Å². The summed E-state index contributed by atoms with van der Waals surface area (Å²) in [6.07, 6.45) is 4.46. The van der Waals surface area contributed by atoms with Gasteiger partial charge in [-0.2, -0.15) is 0 Å². The van der Waals surface area contributed by atoms with E-state index in [1.807, 2.05) is 6.26 Å². The van der Waals surface area contributed by atoms with Crippen molar-refractivity contribution in [2.75, 3.05) is 6.26 Å². The highest BCUT2D eigenvalue weighted by Crippen LogP contribution is 2.34. The molecular weight excluding hydrogens is 383 g/mol. The highest BCUT2D eigenvalue weighted by molar-refractivity contribution is 7.98. The lowest BCUT2D eigenvalue weighted by molar-refractivity contribution is -0.142. The number of aliphatic carboxylic acids is 1. The van der Waals surface area contributed by atoms with Gasteiger partial charge in [0.2, 0.25) is 0 Å². The Morgan fingerprint density at radius 1 is 1.29 bits per heavy atom. The maximum absolute atomic E-state index is 13.4. The molecule has 0 spiro atoms. The number of carboxylic acids is 1. The van der Waals surface area contributed by atoms with Gasteiger partial charge in [-0.3, -0.25) is 9.48 Å². The number of hydrogen-bond acceptors (Lipinski definition) is 5. The zero-order chi connectivity index (χ0) is 19.8. The van der Waals surface area contributed by atoms with E-state index in [2.05, 4.69) is 9.97 Å². The summed E-state index contributed by atoms with van der Waals surface area (Å²) in [6, 6.07) is 6.35. The summed E-state index contributed by atoms with van der Waals surface area (Å²) >= 11 is 1.37. The van der Waals surface area contributed by atoms with Crippen LogP contribution in [0.2, 0.25) is 0 Å². The van der Waals surface area contributed by atoms with E-state index in [0.29, 0.717) is 47.1 Å². The molecule has 1 atom stereocenters. The van der Waals surface area contributed by atoms with E-state index in [0.717, 1.165) is 0 Å². The molecule has 0 aliphatic carbocycles. The molecule has 4 rings (SSSR count). The highest BCUT2D eigenvalue weighted by Gasteiger charge is 2.33. The van der Waals surface area contributed by atoms with E-state index in [-0.39, 0.29) is 0 Å². The first-order valence-corrected chi connectivity index (χ1v) is 9.95. The van der Waals surface area contributed by atoms with Crippen LogP contribution in [-0.4, -0.2) is 36.7 Å². The van der Waals surface area contributed by atoms with Crippen molar-refractivity contribution in [1.82, 2.24) is 19.3 Å². The highest BCUT2D eigenvalue weighted by atomic mass is 32.2. The maximum atomic E-state index is 13.4. The average Bonchev–Trinajstić information content (AvgIpc) is 3.01. The Morgan fingerprint density at radius 3 is 2.71 bits per heavy atom. The minimum Gasteiger partial charge on any atom is -0.480 e.